The molecular weight excluding hydrogens is 458 g/mol. The summed E-state index contributed by atoms with van der Waals surface area (Å²) in [7, 11) is 1.66. The van der Waals surface area contributed by atoms with E-state index in [1.54, 1.807) is 7.11 Å². The van der Waals surface area contributed by atoms with Gasteiger partial charge in [-0.3, -0.25) is 9.48 Å². The van der Waals surface area contributed by atoms with Crippen LogP contribution in [0.3, 0.4) is 0 Å². The Morgan fingerprint density at radius 3 is 2.54 bits per heavy atom. The van der Waals surface area contributed by atoms with Crippen molar-refractivity contribution >= 4 is 17.5 Å². The van der Waals surface area contributed by atoms with Crippen LogP contribution in [0.5, 0.6) is 5.75 Å². The number of hydrogen-bond acceptors (Lipinski definition) is 3. The molecule has 3 atom stereocenters. The molecule has 5 rings (SSSR count). The Labute approximate surface area is 212 Å². The first-order valence-corrected chi connectivity index (χ1v) is 12.8. The van der Waals surface area contributed by atoms with Crippen molar-refractivity contribution in [3.63, 3.8) is 0 Å². The molecule has 0 unspecified atom stereocenters. The van der Waals surface area contributed by atoms with Gasteiger partial charge in [-0.05, 0) is 84.4 Å². The lowest BCUT2D eigenvalue weighted by Crippen LogP contribution is -2.52. The third kappa shape index (κ3) is 4.24. The topological polar surface area (TPSA) is 56.2 Å². The number of hydrogen-bond donors (Lipinski definition) is 1. The second-order valence-corrected chi connectivity index (χ2v) is 11.6. The summed E-state index contributed by atoms with van der Waals surface area (Å²) in [6.45, 7) is 9.47. The highest BCUT2D eigenvalue weighted by atomic mass is 35.5. The minimum atomic E-state index is -0.0998. The van der Waals surface area contributed by atoms with E-state index in [9.17, 15) is 4.79 Å². The summed E-state index contributed by atoms with van der Waals surface area (Å²) in [4.78, 5) is 13.5. The average Bonchev–Trinajstić information content (AvgIpc) is 3.48. The van der Waals surface area contributed by atoms with Gasteiger partial charge in [0, 0.05) is 16.6 Å². The molecule has 0 spiro atoms. The molecule has 184 valence electrons. The zero-order valence-corrected chi connectivity index (χ0v) is 21.9. The Bertz CT molecular complexity index is 1260. The van der Waals surface area contributed by atoms with Crippen LogP contribution < -0.4 is 10.1 Å². The molecule has 6 heteroatoms. The Kier molecular flexibility index (Phi) is 5.95. The lowest BCUT2D eigenvalue weighted by Gasteiger charge is -2.42. The number of benzene rings is 2. The number of rotatable bonds is 6. The van der Waals surface area contributed by atoms with E-state index < -0.39 is 0 Å². The summed E-state index contributed by atoms with van der Waals surface area (Å²) in [5.74, 6) is 1.38. The zero-order chi connectivity index (χ0) is 25.0. The molecule has 35 heavy (non-hydrogen) atoms. The van der Waals surface area contributed by atoms with Crippen molar-refractivity contribution in [3.8, 4) is 17.0 Å². The molecular formula is C29H34ClN3O2. The SMILES string of the molecule is COc1ccc(Cn2nc(C(=O)N[C@@H]3C(C)(C)[C@H]4CC[C@@]3(C)C4)cc2-c2ccc(Cl)c(C)c2)cc1. The smallest absolute Gasteiger partial charge is 0.272 e. The summed E-state index contributed by atoms with van der Waals surface area (Å²) in [6, 6.07) is 15.9. The molecule has 2 bridgehead atoms. The van der Waals surface area contributed by atoms with E-state index in [0.29, 0.717) is 18.2 Å². The molecule has 5 nitrogen and oxygen atoms in total. The van der Waals surface area contributed by atoms with Gasteiger partial charge in [0.1, 0.15) is 5.75 Å². The van der Waals surface area contributed by atoms with Gasteiger partial charge in [-0.2, -0.15) is 5.10 Å². The van der Waals surface area contributed by atoms with Crippen molar-refractivity contribution in [2.24, 2.45) is 16.7 Å². The Balaban J connectivity index is 1.48. The summed E-state index contributed by atoms with van der Waals surface area (Å²) in [5, 5.41) is 8.91. The fraction of sp³-hybridized carbons (Fsp3) is 0.448. The molecule has 0 aliphatic heterocycles. The third-order valence-corrected chi connectivity index (χ3v) is 8.93. The molecule has 2 fully saturated rings. The summed E-state index contributed by atoms with van der Waals surface area (Å²) >= 11 is 6.29. The van der Waals surface area contributed by atoms with Crippen molar-refractivity contribution < 1.29 is 9.53 Å². The number of halogens is 1. The van der Waals surface area contributed by atoms with Crippen molar-refractivity contribution in [2.45, 2.75) is 59.5 Å². The van der Waals surface area contributed by atoms with E-state index in [1.807, 2.05) is 60.1 Å². The van der Waals surface area contributed by atoms with E-state index >= 15 is 0 Å². The molecule has 0 saturated heterocycles. The van der Waals surface area contributed by atoms with Crippen LogP contribution in [0, 0.1) is 23.7 Å². The van der Waals surface area contributed by atoms with E-state index in [-0.39, 0.29) is 22.8 Å². The number of aromatic nitrogens is 2. The van der Waals surface area contributed by atoms with Crippen molar-refractivity contribution in [2.75, 3.05) is 7.11 Å². The van der Waals surface area contributed by atoms with Gasteiger partial charge < -0.3 is 10.1 Å². The first-order chi connectivity index (χ1) is 16.6. The minimum Gasteiger partial charge on any atom is -0.497 e. The Hall–Kier alpha value is -2.79. The molecule has 0 radical (unpaired) electrons. The van der Waals surface area contributed by atoms with Gasteiger partial charge in [0.25, 0.3) is 5.91 Å². The normalized spacial score (nSPS) is 24.5. The highest BCUT2D eigenvalue weighted by Crippen LogP contribution is 2.62. The molecule has 2 aliphatic rings. The quantitative estimate of drug-likeness (QED) is 0.427. The number of nitrogens with zero attached hydrogens (tertiary/aromatic N) is 2. The maximum Gasteiger partial charge on any atom is 0.272 e. The molecule has 1 amide bonds. The predicted octanol–water partition coefficient (Wildman–Crippen LogP) is 6.51. The monoisotopic (exact) mass is 491 g/mol. The van der Waals surface area contributed by atoms with E-state index in [1.165, 1.54) is 19.3 Å². The van der Waals surface area contributed by atoms with Gasteiger partial charge in [0.05, 0.1) is 19.3 Å². The minimum absolute atomic E-state index is 0.0877. The maximum absolute atomic E-state index is 13.5. The number of nitrogens with one attached hydrogen (secondary N) is 1. The fourth-order valence-corrected chi connectivity index (χ4v) is 6.57. The second kappa shape index (κ2) is 8.70. The fourth-order valence-electron chi connectivity index (χ4n) is 6.46. The number of carbonyl (C=O) groups is 1. The number of ether oxygens (including phenoxy) is 1. The molecule has 2 aromatic carbocycles. The van der Waals surface area contributed by atoms with E-state index in [0.717, 1.165) is 33.2 Å². The largest absolute Gasteiger partial charge is 0.497 e. The van der Waals surface area contributed by atoms with Crippen LogP contribution >= 0.6 is 11.6 Å². The van der Waals surface area contributed by atoms with Crippen LogP contribution in [0.15, 0.2) is 48.5 Å². The number of aryl methyl sites for hydroxylation is 1. The molecule has 3 aromatic rings. The second-order valence-electron chi connectivity index (χ2n) is 11.2. The molecule has 2 aliphatic carbocycles. The van der Waals surface area contributed by atoms with Crippen molar-refractivity contribution in [1.29, 1.82) is 0 Å². The van der Waals surface area contributed by atoms with Crippen LogP contribution in [0.2, 0.25) is 5.02 Å². The van der Waals surface area contributed by atoms with Gasteiger partial charge in [-0.25, -0.2) is 0 Å². The zero-order valence-electron chi connectivity index (χ0n) is 21.2. The Morgan fingerprint density at radius 1 is 1.17 bits per heavy atom. The highest BCUT2D eigenvalue weighted by Gasteiger charge is 2.59. The standard InChI is InChI=1S/C29H34ClN3O2/c1-18-14-20(8-11-23(18)30)25-15-24(32-33(25)17-19-6-9-22(35-5)10-7-19)26(34)31-27-28(2,3)21-12-13-29(27,4)16-21/h6-11,14-15,21,27H,12-13,16-17H2,1-5H3,(H,31,34)/t21-,27+,29-/m0/s1. The summed E-state index contributed by atoms with van der Waals surface area (Å²) in [5.41, 5.74) is 4.64. The van der Waals surface area contributed by atoms with Gasteiger partial charge in [-0.1, -0.05) is 50.6 Å². The first kappa shape index (κ1) is 23.9. The highest BCUT2D eigenvalue weighted by molar-refractivity contribution is 6.31. The molecule has 1 aromatic heterocycles. The summed E-state index contributed by atoms with van der Waals surface area (Å²) < 4.78 is 7.20. The number of methoxy groups -OCH3 is 1. The van der Waals surface area contributed by atoms with Crippen LogP contribution in [0.4, 0.5) is 0 Å². The van der Waals surface area contributed by atoms with Crippen LogP contribution in [-0.2, 0) is 6.54 Å². The van der Waals surface area contributed by atoms with Gasteiger partial charge in [0.15, 0.2) is 5.69 Å². The van der Waals surface area contributed by atoms with Crippen LogP contribution in [0.1, 0.15) is 61.6 Å². The van der Waals surface area contributed by atoms with E-state index in [2.05, 4.69) is 26.1 Å². The van der Waals surface area contributed by atoms with Gasteiger partial charge >= 0.3 is 0 Å². The number of fused-ring (bicyclic) bond motifs is 2. The van der Waals surface area contributed by atoms with Crippen molar-refractivity contribution in [1.82, 2.24) is 15.1 Å². The number of carbonyl (C=O) groups excluding carboxylic acids is 1. The molecule has 1 N–H and O–H groups in total. The molecule has 1 heterocycles. The molecule has 2 saturated carbocycles. The number of amides is 1. The lowest BCUT2D eigenvalue weighted by atomic mass is 9.68. The third-order valence-electron chi connectivity index (χ3n) is 8.50. The predicted molar refractivity (Wildman–Crippen MR) is 140 cm³/mol. The van der Waals surface area contributed by atoms with Crippen LogP contribution in [0.25, 0.3) is 11.3 Å². The maximum atomic E-state index is 13.5. The van der Waals surface area contributed by atoms with Gasteiger partial charge in [0.2, 0.25) is 0 Å². The van der Waals surface area contributed by atoms with Crippen molar-refractivity contribution in [3.05, 3.63) is 70.4 Å². The first-order valence-electron chi connectivity index (χ1n) is 12.4. The van der Waals surface area contributed by atoms with E-state index in [4.69, 9.17) is 21.4 Å². The van der Waals surface area contributed by atoms with Crippen LogP contribution in [-0.4, -0.2) is 28.8 Å². The lowest BCUT2D eigenvalue weighted by molar-refractivity contribution is 0.0732. The Morgan fingerprint density at radius 2 is 1.91 bits per heavy atom. The average molecular weight is 492 g/mol. The summed E-state index contributed by atoms with van der Waals surface area (Å²) in [6.07, 6.45) is 3.62. The van der Waals surface area contributed by atoms with Gasteiger partial charge in [-0.15, -0.1) is 0 Å².